The van der Waals surface area contributed by atoms with Crippen LogP contribution in [0.4, 0.5) is 8.78 Å². The molecule has 0 aliphatic carbocycles. The summed E-state index contributed by atoms with van der Waals surface area (Å²) in [6.07, 6.45) is 1.14. The van der Waals surface area contributed by atoms with Crippen LogP contribution in [0.15, 0.2) is 60.8 Å². The van der Waals surface area contributed by atoms with Crippen molar-refractivity contribution in [2.75, 3.05) is 32.8 Å². The van der Waals surface area contributed by atoms with Crippen molar-refractivity contribution in [3.05, 3.63) is 83.7 Å². The maximum atomic E-state index is 15.0. The Hall–Kier alpha value is -5.19. The van der Waals surface area contributed by atoms with Gasteiger partial charge < -0.3 is 47.1 Å². The van der Waals surface area contributed by atoms with Crippen LogP contribution in [0.2, 0.25) is 0 Å². The molecule has 53 heavy (non-hydrogen) atoms. The van der Waals surface area contributed by atoms with Gasteiger partial charge in [0.15, 0.2) is 0 Å². The SMILES string of the molecule is CC(C)(C)[C@H](c1cc(-c2cc(F)ccc2F)cn1Cc1ccccc1)N(CC[C@H](N)C(=O)NCCNC(=O)[C@@H](CCC(=O)O)NC(=O)CN)C(=O)CO. The lowest BCUT2D eigenvalue weighted by molar-refractivity contribution is -0.140. The van der Waals surface area contributed by atoms with Crippen molar-refractivity contribution in [1.82, 2.24) is 25.4 Å². The number of hydrogen-bond acceptors (Lipinski definition) is 8. The van der Waals surface area contributed by atoms with Gasteiger partial charge in [0.2, 0.25) is 23.6 Å². The van der Waals surface area contributed by atoms with Gasteiger partial charge in [-0.05, 0) is 48.1 Å². The molecular formula is C37H49F2N7O7. The van der Waals surface area contributed by atoms with Crippen LogP contribution in [0, 0.1) is 17.0 Å². The smallest absolute Gasteiger partial charge is 0.303 e. The van der Waals surface area contributed by atoms with E-state index in [9.17, 15) is 33.5 Å². The van der Waals surface area contributed by atoms with Crippen LogP contribution in [0.1, 0.15) is 57.3 Å². The number of carbonyl (C=O) groups excluding carboxylic acids is 4. The number of carboxylic acid groups (broad SMARTS) is 1. The second-order valence-corrected chi connectivity index (χ2v) is 13.6. The van der Waals surface area contributed by atoms with Crippen LogP contribution in [0.5, 0.6) is 0 Å². The molecule has 0 unspecified atom stereocenters. The van der Waals surface area contributed by atoms with Gasteiger partial charge in [-0.15, -0.1) is 0 Å². The molecule has 0 spiro atoms. The van der Waals surface area contributed by atoms with Crippen LogP contribution in [0.3, 0.4) is 0 Å². The number of aromatic nitrogens is 1. The van der Waals surface area contributed by atoms with Gasteiger partial charge in [-0.25, -0.2) is 8.78 Å². The minimum atomic E-state index is -1.15. The quantitative estimate of drug-likeness (QED) is 0.0887. The van der Waals surface area contributed by atoms with Crippen molar-refractivity contribution >= 4 is 29.6 Å². The van der Waals surface area contributed by atoms with E-state index in [0.717, 1.165) is 23.8 Å². The van der Waals surface area contributed by atoms with Gasteiger partial charge >= 0.3 is 5.97 Å². The molecule has 0 bridgehead atoms. The number of aliphatic carboxylic acids is 1. The molecule has 14 nitrogen and oxygen atoms in total. The number of nitrogens with two attached hydrogens (primary N) is 2. The molecule has 3 atom stereocenters. The molecule has 288 valence electrons. The fourth-order valence-corrected chi connectivity index (χ4v) is 5.93. The molecule has 0 fully saturated rings. The van der Waals surface area contributed by atoms with Gasteiger partial charge in [0.1, 0.15) is 24.3 Å². The molecule has 3 rings (SSSR count). The first-order valence-corrected chi connectivity index (χ1v) is 17.2. The van der Waals surface area contributed by atoms with Crippen LogP contribution in [-0.2, 0) is 30.5 Å². The fraction of sp³-hybridized carbons (Fsp3) is 0.432. The molecule has 0 radical (unpaired) electrons. The van der Waals surface area contributed by atoms with Gasteiger partial charge in [-0.1, -0.05) is 51.1 Å². The van der Waals surface area contributed by atoms with E-state index in [1.54, 1.807) is 12.3 Å². The van der Waals surface area contributed by atoms with Crippen LogP contribution >= 0.6 is 0 Å². The average Bonchev–Trinajstić information content (AvgIpc) is 3.52. The summed E-state index contributed by atoms with van der Waals surface area (Å²) in [5.41, 5.74) is 12.8. The minimum Gasteiger partial charge on any atom is -0.481 e. The van der Waals surface area contributed by atoms with E-state index in [4.69, 9.17) is 16.6 Å². The summed E-state index contributed by atoms with van der Waals surface area (Å²) in [6, 6.07) is 11.3. The number of halogens is 2. The lowest BCUT2D eigenvalue weighted by Crippen LogP contribution is -2.51. The summed E-state index contributed by atoms with van der Waals surface area (Å²) in [4.78, 5) is 63.0. The Kier molecular flexibility index (Phi) is 15.6. The van der Waals surface area contributed by atoms with Crippen molar-refractivity contribution in [1.29, 1.82) is 0 Å². The Morgan fingerprint density at radius 1 is 0.943 bits per heavy atom. The maximum Gasteiger partial charge on any atom is 0.303 e. The van der Waals surface area contributed by atoms with Crippen molar-refractivity contribution < 1.29 is 43.0 Å². The Balaban J connectivity index is 1.79. The third-order valence-corrected chi connectivity index (χ3v) is 8.46. The first-order valence-electron chi connectivity index (χ1n) is 17.2. The Bertz CT molecular complexity index is 1730. The van der Waals surface area contributed by atoms with E-state index < -0.39 is 71.4 Å². The number of nitrogens with zero attached hydrogens (tertiary/aromatic N) is 2. The molecule has 1 heterocycles. The van der Waals surface area contributed by atoms with Crippen LogP contribution in [-0.4, -0.2) is 94.1 Å². The zero-order chi connectivity index (χ0) is 39.3. The van der Waals surface area contributed by atoms with Crippen molar-refractivity contribution in [3.8, 4) is 11.1 Å². The summed E-state index contributed by atoms with van der Waals surface area (Å²) in [5.74, 6) is -4.90. The zero-order valence-corrected chi connectivity index (χ0v) is 30.1. The highest BCUT2D eigenvalue weighted by Crippen LogP contribution is 2.41. The largest absolute Gasteiger partial charge is 0.481 e. The second kappa shape index (κ2) is 19.6. The second-order valence-electron chi connectivity index (χ2n) is 13.6. The molecule has 0 saturated heterocycles. The van der Waals surface area contributed by atoms with Crippen LogP contribution in [0.25, 0.3) is 11.1 Å². The average molecular weight is 742 g/mol. The number of aliphatic hydroxyl groups is 1. The lowest BCUT2D eigenvalue weighted by Gasteiger charge is -2.41. The monoisotopic (exact) mass is 741 g/mol. The summed E-state index contributed by atoms with van der Waals surface area (Å²) in [6.45, 7) is 4.62. The molecule has 9 N–H and O–H groups in total. The predicted molar refractivity (Wildman–Crippen MR) is 193 cm³/mol. The standard InChI is InChI=1S/C37H49F2N7O7/c1-37(2,3)34(30-17-24(26-18-25(38)9-10-27(26)39)21-45(30)20-23-7-5-4-6-8-23)46(32(49)22-47)16-13-28(41)35(52)42-14-15-43-36(53)29(11-12-33(50)51)44-31(48)19-40/h4-10,17-18,21,28-29,34,47H,11-16,19-20,22,40-41H2,1-3H3,(H,42,52)(H,43,53)(H,44,48)(H,50,51)/t28-,29+,34-/m0/s1. The first kappa shape index (κ1) is 42.2. The third kappa shape index (κ3) is 12.5. The van der Waals surface area contributed by atoms with Crippen LogP contribution < -0.4 is 27.4 Å². The molecule has 3 aromatic rings. The Morgan fingerprint density at radius 2 is 1.60 bits per heavy atom. The Labute approximate surface area is 306 Å². The number of aliphatic hydroxyl groups excluding tert-OH is 1. The Morgan fingerprint density at radius 3 is 2.21 bits per heavy atom. The predicted octanol–water partition coefficient (Wildman–Crippen LogP) is 1.65. The number of carbonyl (C=O) groups is 5. The number of amides is 4. The van der Waals surface area contributed by atoms with E-state index >= 15 is 4.39 Å². The van der Waals surface area contributed by atoms with E-state index in [2.05, 4.69) is 16.0 Å². The lowest BCUT2D eigenvalue weighted by atomic mass is 9.82. The number of carboxylic acids is 1. The molecule has 0 aliphatic rings. The van der Waals surface area contributed by atoms with Gasteiger partial charge in [0.25, 0.3) is 0 Å². The topological polar surface area (TPSA) is 222 Å². The molecule has 0 aliphatic heterocycles. The van der Waals surface area contributed by atoms with Crippen molar-refractivity contribution in [2.45, 2.75) is 64.7 Å². The third-order valence-electron chi connectivity index (χ3n) is 8.46. The van der Waals surface area contributed by atoms with Gasteiger partial charge in [0.05, 0.1) is 18.6 Å². The summed E-state index contributed by atoms with van der Waals surface area (Å²) >= 11 is 0. The van der Waals surface area contributed by atoms with E-state index in [-0.39, 0.29) is 51.0 Å². The number of rotatable bonds is 19. The first-order chi connectivity index (χ1) is 25.0. The molecule has 2 aromatic carbocycles. The highest BCUT2D eigenvalue weighted by atomic mass is 19.1. The number of hydrogen-bond donors (Lipinski definition) is 7. The maximum absolute atomic E-state index is 15.0. The summed E-state index contributed by atoms with van der Waals surface area (Å²) < 4.78 is 31.1. The molecule has 4 amide bonds. The van der Waals surface area contributed by atoms with Gasteiger partial charge in [-0.3, -0.25) is 24.0 Å². The van der Waals surface area contributed by atoms with E-state index in [1.807, 2.05) is 55.7 Å². The fourth-order valence-electron chi connectivity index (χ4n) is 5.93. The molecule has 1 aromatic heterocycles. The number of nitrogens with one attached hydrogen (secondary N) is 3. The normalized spacial score (nSPS) is 13.1. The molecule has 16 heteroatoms. The summed E-state index contributed by atoms with van der Waals surface area (Å²) in [7, 11) is 0. The minimum absolute atomic E-state index is 0.0241. The molecular weight excluding hydrogens is 692 g/mol. The number of benzene rings is 2. The van der Waals surface area contributed by atoms with Gasteiger partial charge in [0, 0.05) is 55.6 Å². The van der Waals surface area contributed by atoms with Gasteiger partial charge in [-0.2, -0.15) is 0 Å². The highest BCUT2D eigenvalue weighted by molar-refractivity contribution is 5.88. The van der Waals surface area contributed by atoms with Crippen molar-refractivity contribution in [2.24, 2.45) is 16.9 Å². The van der Waals surface area contributed by atoms with E-state index in [1.165, 1.54) is 4.90 Å². The highest BCUT2D eigenvalue weighted by Gasteiger charge is 2.37. The molecule has 0 saturated carbocycles. The van der Waals surface area contributed by atoms with E-state index in [0.29, 0.717) is 17.8 Å². The zero-order valence-electron chi connectivity index (χ0n) is 30.1. The van der Waals surface area contributed by atoms with Crippen molar-refractivity contribution in [3.63, 3.8) is 0 Å². The summed E-state index contributed by atoms with van der Waals surface area (Å²) in [5, 5.41) is 26.5.